The first-order valence-electron chi connectivity index (χ1n) is 10.1. The Morgan fingerprint density at radius 1 is 1.03 bits per heavy atom. The molecule has 0 bridgehead atoms. The predicted molar refractivity (Wildman–Crippen MR) is 113 cm³/mol. The van der Waals surface area contributed by atoms with Gasteiger partial charge in [-0.25, -0.2) is 4.79 Å². The molecule has 31 heavy (non-hydrogen) atoms. The van der Waals surface area contributed by atoms with Gasteiger partial charge in [0.1, 0.15) is 12.3 Å². The summed E-state index contributed by atoms with van der Waals surface area (Å²) < 4.78 is 12.5. The Morgan fingerprint density at radius 2 is 1.74 bits per heavy atom. The van der Waals surface area contributed by atoms with Crippen LogP contribution in [-0.4, -0.2) is 38.6 Å². The van der Waals surface area contributed by atoms with Gasteiger partial charge in [0.05, 0.1) is 31.5 Å². The lowest BCUT2D eigenvalue weighted by atomic mass is 10.0. The summed E-state index contributed by atoms with van der Waals surface area (Å²) in [6, 6.07) is 17.8. The third-order valence-electron chi connectivity index (χ3n) is 5.35. The van der Waals surface area contributed by atoms with E-state index in [4.69, 9.17) is 9.47 Å². The molecule has 162 valence electrons. The Bertz CT molecular complexity index is 1140. The highest BCUT2D eigenvalue weighted by Crippen LogP contribution is 2.27. The van der Waals surface area contributed by atoms with Crippen LogP contribution in [0, 0.1) is 0 Å². The smallest absolute Gasteiger partial charge is 0.330 e. The molecule has 1 aliphatic rings. The van der Waals surface area contributed by atoms with Crippen LogP contribution >= 0.6 is 0 Å². The Morgan fingerprint density at radius 3 is 2.48 bits per heavy atom. The van der Waals surface area contributed by atoms with E-state index in [1.807, 2.05) is 54.6 Å². The first kappa shape index (κ1) is 21.2. The van der Waals surface area contributed by atoms with E-state index in [1.54, 1.807) is 0 Å². The number of H-pyrrole nitrogens is 1. The van der Waals surface area contributed by atoms with E-state index in [2.05, 4.69) is 4.98 Å². The van der Waals surface area contributed by atoms with Gasteiger partial charge in [-0.15, -0.1) is 0 Å². The van der Waals surface area contributed by atoms with Crippen LogP contribution in [0.1, 0.15) is 23.8 Å². The molecule has 1 saturated heterocycles. The first-order valence-corrected chi connectivity index (χ1v) is 10.1. The molecule has 3 atom stereocenters. The third kappa shape index (κ3) is 4.67. The zero-order valence-corrected chi connectivity index (χ0v) is 16.8. The van der Waals surface area contributed by atoms with Crippen LogP contribution in [0.2, 0.25) is 0 Å². The van der Waals surface area contributed by atoms with Gasteiger partial charge in [0.25, 0.3) is 5.56 Å². The van der Waals surface area contributed by atoms with Crippen molar-refractivity contribution in [2.24, 2.45) is 0 Å². The molecule has 4 rings (SSSR count). The highest BCUT2D eigenvalue weighted by Gasteiger charge is 2.35. The number of aromatic amines is 1. The molecule has 1 aromatic heterocycles. The number of hydrogen-bond acceptors (Lipinski definition) is 6. The van der Waals surface area contributed by atoms with E-state index >= 15 is 0 Å². The van der Waals surface area contributed by atoms with Crippen molar-refractivity contribution >= 4 is 0 Å². The van der Waals surface area contributed by atoms with Crippen LogP contribution < -0.4 is 11.2 Å². The molecule has 1 aliphatic heterocycles. The molecule has 0 radical (unpaired) electrons. The fraction of sp³-hybridized carbons (Fsp3) is 0.304. The van der Waals surface area contributed by atoms with Crippen LogP contribution in [0.4, 0.5) is 0 Å². The zero-order valence-electron chi connectivity index (χ0n) is 16.8. The summed E-state index contributed by atoms with van der Waals surface area (Å²) >= 11 is 0. The van der Waals surface area contributed by atoms with Crippen LogP contribution in [0.25, 0.3) is 11.1 Å². The van der Waals surface area contributed by atoms with Crippen LogP contribution in [0.5, 0.6) is 0 Å². The highest BCUT2D eigenvalue weighted by molar-refractivity contribution is 5.67. The minimum absolute atomic E-state index is 0.00254. The number of aromatic nitrogens is 2. The second-order valence-electron chi connectivity index (χ2n) is 7.45. The quantitative estimate of drug-likeness (QED) is 0.531. The summed E-state index contributed by atoms with van der Waals surface area (Å²) in [5.74, 6) is 0. The predicted octanol–water partition coefficient (Wildman–Crippen LogP) is 1.56. The lowest BCUT2D eigenvalue weighted by Crippen LogP contribution is -2.34. The van der Waals surface area contributed by atoms with Crippen molar-refractivity contribution < 1.29 is 19.7 Å². The molecule has 8 nitrogen and oxygen atoms in total. The van der Waals surface area contributed by atoms with Crippen molar-refractivity contribution in [3.05, 3.63) is 92.8 Å². The van der Waals surface area contributed by atoms with Crippen molar-refractivity contribution in [2.45, 2.75) is 38.1 Å². The molecule has 3 N–H and O–H groups in total. The molecule has 0 saturated carbocycles. The van der Waals surface area contributed by atoms with Gasteiger partial charge >= 0.3 is 5.69 Å². The largest absolute Gasteiger partial charge is 0.394 e. The minimum Gasteiger partial charge on any atom is -0.394 e. The zero-order chi connectivity index (χ0) is 21.8. The average molecular weight is 424 g/mol. The van der Waals surface area contributed by atoms with Crippen LogP contribution in [0.15, 0.2) is 70.4 Å². The SMILES string of the molecule is O=c1[nH]c(=O)n([C@H]2C[C@@H](O)[C@@H](CO)O2)cc1COCc1ccccc1-c1ccccc1. The topological polar surface area (TPSA) is 114 Å². The summed E-state index contributed by atoms with van der Waals surface area (Å²) in [4.78, 5) is 26.7. The Balaban J connectivity index is 1.49. The normalized spacial score (nSPS) is 20.8. The van der Waals surface area contributed by atoms with E-state index < -0.39 is 29.7 Å². The Kier molecular flexibility index (Phi) is 6.43. The van der Waals surface area contributed by atoms with Crippen LogP contribution in [0.3, 0.4) is 0 Å². The Labute approximate surface area is 178 Å². The molecule has 0 aliphatic carbocycles. The monoisotopic (exact) mass is 424 g/mol. The Hall–Kier alpha value is -3.04. The lowest BCUT2D eigenvalue weighted by molar-refractivity contribution is -0.0461. The lowest BCUT2D eigenvalue weighted by Gasteiger charge is -2.15. The second-order valence-corrected chi connectivity index (χ2v) is 7.45. The number of nitrogens with one attached hydrogen (secondary N) is 1. The average Bonchev–Trinajstić information content (AvgIpc) is 3.16. The van der Waals surface area contributed by atoms with Gasteiger partial charge in [-0.2, -0.15) is 0 Å². The van der Waals surface area contributed by atoms with Crippen molar-refractivity contribution in [3.8, 4) is 11.1 Å². The number of nitrogens with zero attached hydrogens (tertiary/aromatic N) is 1. The minimum atomic E-state index is -0.886. The summed E-state index contributed by atoms with van der Waals surface area (Å²) in [6.07, 6.45) is -0.890. The highest BCUT2D eigenvalue weighted by atomic mass is 16.5. The summed E-state index contributed by atoms with van der Waals surface area (Å²) in [5.41, 5.74) is 2.19. The van der Waals surface area contributed by atoms with Crippen LogP contribution in [-0.2, 0) is 22.7 Å². The molecule has 1 fully saturated rings. The van der Waals surface area contributed by atoms with Crippen molar-refractivity contribution in [1.82, 2.24) is 9.55 Å². The molecule has 0 unspecified atom stereocenters. The van der Waals surface area contributed by atoms with Gasteiger partial charge in [0.15, 0.2) is 0 Å². The van der Waals surface area contributed by atoms with Crippen molar-refractivity contribution in [2.75, 3.05) is 6.61 Å². The molecule has 0 amide bonds. The molecule has 0 spiro atoms. The second kappa shape index (κ2) is 9.40. The molecular weight excluding hydrogens is 400 g/mol. The summed E-state index contributed by atoms with van der Waals surface area (Å²) in [7, 11) is 0. The number of hydrogen-bond donors (Lipinski definition) is 3. The number of ether oxygens (including phenoxy) is 2. The molecule has 2 aromatic carbocycles. The summed E-state index contributed by atoms with van der Waals surface area (Å²) in [6.45, 7) is -0.0706. The first-order chi connectivity index (χ1) is 15.1. The number of aliphatic hydroxyl groups is 2. The van der Waals surface area contributed by atoms with Gasteiger partial charge in [-0.05, 0) is 16.7 Å². The van der Waals surface area contributed by atoms with Crippen molar-refractivity contribution in [1.29, 1.82) is 0 Å². The van der Waals surface area contributed by atoms with Gasteiger partial charge < -0.3 is 19.7 Å². The number of aliphatic hydroxyl groups excluding tert-OH is 2. The standard InChI is InChI=1S/C23H24N2O6/c26-12-20-19(27)10-21(31-20)25-11-17(22(28)24-23(25)29)14-30-13-16-8-4-5-9-18(16)15-6-2-1-3-7-15/h1-9,11,19-21,26-27H,10,12-14H2,(H,24,28,29)/t19-,20-,21-/m1/s1. The van der Waals surface area contributed by atoms with E-state index in [0.717, 1.165) is 16.7 Å². The van der Waals surface area contributed by atoms with E-state index in [1.165, 1.54) is 10.8 Å². The maximum Gasteiger partial charge on any atom is 0.330 e. The van der Waals surface area contributed by atoms with Crippen molar-refractivity contribution in [3.63, 3.8) is 0 Å². The van der Waals surface area contributed by atoms with Gasteiger partial charge in [-0.1, -0.05) is 54.6 Å². The van der Waals surface area contributed by atoms with Gasteiger partial charge in [0, 0.05) is 12.6 Å². The van der Waals surface area contributed by atoms with Gasteiger partial charge in [0.2, 0.25) is 0 Å². The maximum absolute atomic E-state index is 12.2. The van der Waals surface area contributed by atoms with E-state index in [-0.39, 0.29) is 31.8 Å². The maximum atomic E-state index is 12.2. The third-order valence-corrected chi connectivity index (χ3v) is 5.35. The number of rotatable bonds is 7. The van der Waals surface area contributed by atoms with E-state index in [9.17, 15) is 19.8 Å². The fourth-order valence-electron chi connectivity index (χ4n) is 3.71. The molecule has 2 heterocycles. The molecular formula is C23H24N2O6. The van der Waals surface area contributed by atoms with E-state index in [0.29, 0.717) is 0 Å². The number of benzene rings is 2. The molecule has 8 heteroatoms. The summed E-state index contributed by atoms with van der Waals surface area (Å²) in [5, 5.41) is 19.2. The fourth-order valence-corrected chi connectivity index (χ4v) is 3.71. The van der Waals surface area contributed by atoms with Gasteiger partial charge in [-0.3, -0.25) is 14.3 Å². The molecule has 3 aromatic rings.